The third-order valence-corrected chi connectivity index (χ3v) is 5.30. The van der Waals surface area contributed by atoms with Gasteiger partial charge in [-0.05, 0) is 37.1 Å². The van der Waals surface area contributed by atoms with Gasteiger partial charge in [0.1, 0.15) is 0 Å². The van der Waals surface area contributed by atoms with Gasteiger partial charge in [0.2, 0.25) is 18.0 Å². The third kappa shape index (κ3) is 3.02. The molecule has 2 aromatic carbocycles. The second-order valence-corrected chi connectivity index (χ2v) is 7.62. The minimum absolute atomic E-state index is 0.194. The largest absolute Gasteiger partial charge is 0.446 e. The summed E-state index contributed by atoms with van der Waals surface area (Å²) in [5, 5.41) is 7.44. The molecule has 1 atom stereocenters. The van der Waals surface area contributed by atoms with Crippen molar-refractivity contribution in [3.8, 4) is 0 Å². The van der Waals surface area contributed by atoms with E-state index in [1.165, 1.54) is 11.9 Å². The average Bonchev–Trinajstić information content (AvgIpc) is 3.45. The van der Waals surface area contributed by atoms with Crippen molar-refractivity contribution in [1.82, 2.24) is 9.99 Å². The van der Waals surface area contributed by atoms with Crippen LogP contribution < -0.4 is 0 Å². The molecule has 1 aliphatic carbocycles. The van der Waals surface area contributed by atoms with E-state index in [-0.39, 0.29) is 5.91 Å². The minimum atomic E-state index is -0.637. The smallest absolute Gasteiger partial charge is 0.243 e. The standard InChI is InChI=1S/C22H18ClN3O2/c1-13(27)26-22(15-5-4-6-16(23)11-15)28-21(25-26)18-12-20(14-9-10-14)24-19-8-3-2-7-17(18)19/h2-8,11-12,14,22H,9-10H2,1H3/t22-/m1/s1. The molecular weight excluding hydrogens is 374 g/mol. The van der Waals surface area contributed by atoms with Crippen LogP contribution in [0.5, 0.6) is 0 Å². The number of amides is 1. The van der Waals surface area contributed by atoms with Crippen LogP contribution in [0.3, 0.4) is 0 Å². The fourth-order valence-corrected chi connectivity index (χ4v) is 3.71. The topological polar surface area (TPSA) is 54.8 Å². The van der Waals surface area contributed by atoms with Gasteiger partial charge in [-0.3, -0.25) is 9.78 Å². The summed E-state index contributed by atoms with van der Waals surface area (Å²) in [5.41, 5.74) is 3.61. The Balaban J connectivity index is 1.61. The van der Waals surface area contributed by atoms with Gasteiger partial charge in [-0.2, -0.15) is 5.01 Å². The van der Waals surface area contributed by atoms with Crippen molar-refractivity contribution in [3.05, 3.63) is 76.4 Å². The molecular formula is C22H18ClN3O2. The maximum Gasteiger partial charge on any atom is 0.243 e. The molecule has 140 valence electrons. The molecule has 1 aromatic heterocycles. The van der Waals surface area contributed by atoms with E-state index < -0.39 is 6.23 Å². The average molecular weight is 392 g/mol. The molecule has 1 fully saturated rings. The van der Waals surface area contributed by atoms with Crippen LogP contribution in [0.4, 0.5) is 0 Å². The summed E-state index contributed by atoms with van der Waals surface area (Å²) in [6.07, 6.45) is 1.67. The number of rotatable bonds is 3. The van der Waals surface area contributed by atoms with Gasteiger partial charge in [0.05, 0.1) is 5.52 Å². The normalized spacial score (nSPS) is 18.9. The Morgan fingerprint density at radius 1 is 1.14 bits per heavy atom. The first-order valence-electron chi connectivity index (χ1n) is 9.31. The van der Waals surface area contributed by atoms with Gasteiger partial charge in [-0.15, -0.1) is 5.10 Å². The molecule has 0 N–H and O–H groups in total. The first-order valence-corrected chi connectivity index (χ1v) is 9.68. The molecule has 6 heteroatoms. The van der Waals surface area contributed by atoms with Crippen molar-refractivity contribution in [3.63, 3.8) is 0 Å². The lowest BCUT2D eigenvalue weighted by atomic mass is 10.1. The first kappa shape index (κ1) is 17.2. The molecule has 5 rings (SSSR count). The lowest BCUT2D eigenvalue weighted by molar-refractivity contribution is -0.135. The fourth-order valence-electron chi connectivity index (χ4n) is 3.51. The number of pyridine rings is 1. The fraction of sp³-hybridized carbons (Fsp3) is 0.227. The summed E-state index contributed by atoms with van der Waals surface area (Å²) in [4.78, 5) is 17.0. The summed E-state index contributed by atoms with van der Waals surface area (Å²) in [7, 11) is 0. The quantitative estimate of drug-likeness (QED) is 0.631. The molecule has 5 nitrogen and oxygen atoms in total. The molecule has 0 bridgehead atoms. The van der Waals surface area contributed by atoms with Crippen LogP contribution in [0.2, 0.25) is 5.02 Å². The second-order valence-electron chi connectivity index (χ2n) is 7.18. The lowest BCUT2D eigenvalue weighted by Crippen LogP contribution is -2.25. The Morgan fingerprint density at radius 3 is 2.71 bits per heavy atom. The van der Waals surface area contributed by atoms with Crippen LogP contribution in [0.15, 0.2) is 59.7 Å². The molecule has 1 aliphatic heterocycles. The van der Waals surface area contributed by atoms with Crippen molar-refractivity contribution in [2.24, 2.45) is 5.10 Å². The van der Waals surface area contributed by atoms with Gasteiger partial charge < -0.3 is 4.74 Å². The summed E-state index contributed by atoms with van der Waals surface area (Å²) in [6, 6.07) is 17.3. The van der Waals surface area contributed by atoms with E-state index in [9.17, 15) is 4.79 Å². The summed E-state index contributed by atoms with van der Waals surface area (Å²) >= 11 is 6.14. The Bertz CT molecular complexity index is 1120. The predicted molar refractivity (Wildman–Crippen MR) is 108 cm³/mol. The third-order valence-electron chi connectivity index (χ3n) is 5.06. The van der Waals surface area contributed by atoms with Gasteiger partial charge in [0.15, 0.2) is 0 Å². The van der Waals surface area contributed by atoms with Crippen LogP contribution >= 0.6 is 11.6 Å². The zero-order chi connectivity index (χ0) is 19.3. The van der Waals surface area contributed by atoms with Crippen LogP contribution in [0, 0.1) is 0 Å². The first-order chi connectivity index (χ1) is 13.6. The van der Waals surface area contributed by atoms with Crippen molar-refractivity contribution in [2.45, 2.75) is 31.9 Å². The molecule has 28 heavy (non-hydrogen) atoms. The van der Waals surface area contributed by atoms with Crippen LogP contribution in [-0.2, 0) is 9.53 Å². The molecule has 3 aromatic rings. The summed E-state index contributed by atoms with van der Waals surface area (Å²) in [5.74, 6) is 0.736. The van der Waals surface area contributed by atoms with Crippen molar-refractivity contribution in [1.29, 1.82) is 0 Å². The van der Waals surface area contributed by atoms with Crippen LogP contribution in [0.1, 0.15) is 48.7 Å². The molecule has 1 saturated carbocycles. The van der Waals surface area contributed by atoms with E-state index >= 15 is 0 Å². The molecule has 2 heterocycles. The summed E-state index contributed by atoms with van der Waals surface area (Å²) < 4.78 is 6.19. The van der Waals surface area contributed by atoms with E-state index in [4.69, 9.17) is 21.3 Å². The molecule has 0 radical (unpaired) electrons. The van der Waals surface area contributed by atoms with Crippen LogP contribution in [-0.4, -0.2) is 21.8 Å². The van der Waals surface area contributed by atoms with Crippen molar-refractivity contribution >= 4 is 34.3 Å². The Morgan fingerprint density at radius 2 is 1.96 bits per heavy atom. The number of benzene rings is 2. The SMILES string of the molecule is CC(=O)N1N=C(c2cc(C3CC3)nc3ccccc23)O[C@@H]1c1cccc(Cl)c1. The number of carbonyl (C=O) groups is 1. The number of nitrogens with zero attached hydrogens (tertiary/aromatic N) is 3. The molecule has 2 aliphatic rings. The van der Waals surface area contributed by atoms with Crippen molar-refractivity contribution < 1.29 is 9.53 Å². The van der Waals surface area contributed by atoms with Gasteiger partial charge in [-0.1, -0.05) is 41.9 Å². The molecule has 0 unspecified atom stereocenters. The van der Waals surface area contributed by atoms with Crippen molar-refractivity contribution in [2.75, 3.05) is 0 Å². The highest BCUT2D eigenvalue weighted by molar-refractivity contribution is 6.30. The maximum absolute atomic E-state index is 12.2. The minimum Gasteiger partial charge on any atom is -0.446 e. The monoisotopic (exact) mass is 391 g/mol. The zero-order valence-corrected chi connectivity index (χ0v) is 16.1. The zero-order valence-electron chi connectivity index (χ0n) is 15.3. The maximum atomic E-state index is 12.2. The lowest BCUT2D eigenvalue weighted by Gasteiger charge is -2.19. The van der Waals surface area contributed by atoms with E-state index in [0.29, 0.717) is 16.8 Å². The Hall–Kier alpha value is -2.92. The number of hydrogen-bond donors (Lipinski definition) is 0. The van der Waals surface area contributed by atoms with E-state index in [2.05, 4.69) is 11.2 Å². The number of halogens is 1. The number of aromatic nitrogens is 1. The molecule has 1 amide bonds. The predicted octanol–water partition coefficient (Wildman–Crippen LogP) is 5.00. The van der Waals surface area contributed by atoms with Gasteiger partial charge >= 0.3 is 0 Å². The van der Waals surface area contributed by atoms with E-state index in [0.717, 1.165) is 40.6 Å². The van der Waals surface area contributed by atoms with Crippen LogP contribution in [0.25, 0.3) is 10.9 Å². The summed E-state index contributed by atoms with van der Waals surface area (Å²) in [6.45, 7) is 1.48. The molecule has 0 spiro atoms. The highest BCUT2D eigenvalue weighted by atomic mass is 35.5. The number of fused-ring (bicyclic) bond motifs is 1. The number of hydrogen-bond acceptors (Lipinski definition) is 4. The highest BCUT2D eigenvalue weighted by Gasteiger charge is 2.35. The van der Waals surface area contributed by atoms with Gasteiger partial charge in [0, 0.05) is 40.1 Å². The Kier molecular flexibility index (Phi) is 4.05. The number of para-hydroxylation sites is 1. The van der Waals surface area contributed by atoms with E-state index in [1.54, 1.807) is 12.1 Å². The number of hydrazone groups is 1. The number of carbonyl (C=O) groups excluding carboxylic acids is 1. The van der Waals surface area contributed by atoms with E-state index in [1.807, 2.05) is 36.4 Å². The highest BCUT2D eigenvalue weighted by Crippen LogP contribution is 2.41. The molecule has 0 saturated heterocycles. The van der Waals surface area contributed by atoms with Gasteiger partial charge in [0.25, 0.3) is 0 Å². The second kappa shape index (κ2) is 6.60. The Labute approximate surface area is 167 Å². The van der Waals surface area contributed by atoms with Gasteiger partial charge in [-0.25, -0.2) is 0 Å². The number of ether oxygens (including phenoxy) is 1.